The van der Waals surface area contributed by atoms with Crippen molar-refractivity contribution in [2.45, 2.75) is 18.9 Å². The fraction of sp³-hybridized carbons (Fsp3) is 0.462. The van der Waals surface area contributed by atoms with Gasteiger partial charge in [-0.15, -0.1) is 0 Å². The lowest BCUT2D eigenvalue weighted by Crippen LogP contribution is -2.35. The van der Waals surface area contributed by atoms with Crippen molar-refractivity contribution in [3.05, 3.63) is 18.2 Å². The van der Waals surface area contributed by atoms with Gasteiger partial charge in [-0.3, -0.25) is 9.52 Å². The van der Waals surface area contributed by atoms with E-state index in [0.29, 0.717) is 11.4 Å². The lowest BCUT2D eigenvalue weighted by Gasteiger charge is -2.14. The molecule has 1 saturated heterocycles. The largest absolute Gasteiger partial charge is 0.495 e. The molecule has 8 heteroatoms. The van der Waals surface area contributed by atoms with E-state index < -0.39 is 10.0 Å². The van der Waals surface area contributed by atoms with Crippen molar-refractivity contribution in [2.75, 3.05) is 29.9 Å². The molecule has 2 rings (SSSR count). The van der Waals surface area contributed by atoms with Crippen LogP contribution in [-0.2, 0) is 14.8 Å². The van der Waals surface area contributed by atoms with Gasteiger partial charge >= 0.3 is 0 Å². The van der Waals surface area contributed by atoms with Crippen molar-refractivity contribution in [1.82, 2.24) is 5.32 Å². The topological polar surface area (TPSA) is 96.5 Å². The van der Waals surface area contributed by atoms with Gasteiger partial charge in [-0.2, -0.15) is 0 Å². The van der Waals surface area contributed by atoms with Gasteiger partial charge in [0.25, 0.3) is 0 Å². The zero-order chi connectivity index (χ0) is 15.5. The fourth-order valence-electron chi connectivity index (χ4n) is 2.20. The summed E-state index contributed by atoms with van der Waals surface area (Å²) in [5.41, 5.74) is 0.804. The summed E-state index contributed by atoms with van der Waals surface area (Å²) in [5, 5.41) is 5.87. The molecular weight excluding hydrogens is 294 g/mol. The highest BCUT2D eigenvalue weighted by Gasteiger charge is 2.22. The van der Waals surface area contributed by atoms with Crippen molar-refractivity contribution < 1.29 is 17.9 Å². The summed E-state index contributed by atoms with van der Waals surface area (Å²) in [5.74, 6) is 0.264. The summed E-state index contributed by atoms with van der Waals surface area (Å²) < 4.78 is 30.2. The predicted molar refractivity (Wildman–Crippen MR) is 81.1 cm³/mol. The van der Waals surface area contributed by atoms with Crippen LogP contribution in [0.2, 0.25) is 0 Å². The Hall–Kier alpha value is -1.80. The fourth-order valence-corrected chi connectivity index (χ4v) is 2.76. The molecule has 1 aromatic carbocycles. The Bertz CT molecular complexity index is 624. The average molecular weight is 313 g/mol. The molecule has 1 aliphatic heterocycles. The summed E-state index contributed by atoms with van der Waals surface area (Å²) in [4.78, 5) is 12.0. The molecule has 1 aliphatic rings. The van der Waals surface area contributed by atoms with E-state index in [9.17, 15) is 13.2 Å². The number of rotatable bonds is 5. The van der Waals surface area contributed by atoms with E-state index in [4.69, 9.17) is 4.74 Å². The first-order valence-electron chi connectivity index (χ1n) is 6.59. The van der Waals surface area contributed by atoms with E-state index in [1.807, 2.05) is 0 Å². The quantitative estimate of drug-likeness (QED) is 0.745. The second-order valence-corrected chi connectivity index (χ2v) is 6.68. The molecule has 7 nitrogen and oxygen atoms in total. The maximum absolute atomic E-state index is 12.0. The van der Waals surface area contributed by atoms with E-state index >= 15 is 0 Å². The van der Waals surface area contributed by atoms with E-state index in [2.05, 4.69) is 15.4 Å². The van der Waals surface area contributed by atoms with Crippen LogP contribution in [0.4, 0.5) is 11.4 Å². The Kier molecular flexibility index (Phi) is 4.69. The minimum atomic E-state index is -3.43. The molecule has 1 atom stereocenters. The van der Waals surface area contributed by atoms with Crippen molar-refractivity contribution in [3.8, 4) is 5.75 Å². The number of nitrogens with one attached hydrogen (secondary N) is 3. The van der Waals surface area contributed by atoms with E-state index in [0.717, 1.165) is 25.6 Å². The molecular formula is C13H19N3O4S. The highest BCUT2D eigenvalue weighted by atomic mass is 32.2. The lowest BCUT2D eigenvalue weighted by atomic mass is 10.2. The second-order valence-electron chi connectivity index (χ2n) is 4.93. The zero-order valence-corrected chi connectivity index (χ0v) is 12.8. The minimum Gasteiger partial charge on any atom is -0.495 e. The Labute approximate surface area is 124 Å². The highest BCUT2D eigenvalue weighted by molar-refractivity contribution is 7.92. The Morgan fingerprint density at radius 3 is 2.76 bits per heavy atom. The van der Waals surface area contributed by atoms with Crippen LogP contribution in [-0.4, -0.2) is 40.3 Å². The third-order valence-electron chi connectivity index (χ3n) is 3.14. The third-order valence-corrected chi connectivity index (χ3v) is 3.73. The number of ether oxygens (including phenoxy) is 1. The molecule has 116 valence electrons. The Morgan fingerprint density at radius 2 is 2.19 bits per heavy atom. The number of hydrogen-bond acceptors (Lipinski definition) is 5. The molecule has 21 heavy (non-hydrogen) atoms. The van der Waals surface area contributed by atoms with Crippen LogP contribution in [0.3, 0.4) is 0 Å². The highest BCUT2D eigenvalue weighted by Crippen LogP contribution is 2.28. The molecule has 3 N–H and O–H groups in total. The smallest absolute Gasteiger partial charge is 0.241 e. The lowest BCUT2D eigenvalue weighted by molar-refractivity contribution is -0.117. The van der Waals surface area contributed by atoms with Gasteiger partial charge in [-0.05, 0) is 37.6 Å². The normalized spacial score (nSPS) is 18.3. The Balaban J connectivity index is 2.16. The molecule has 0 aliphatic carbocycles. The number of carbonyl (C=O) groups excluding carboxylic acids is 1. The maximum Gasteiger partial charge on any atom is 0.241 e. The van der Waals surface area contributed by atoms with Gasteiger partial charge in [-0.1, -0.05) is 0 Å². The molecule has 0 bridgehead atoms. The summed E-state index contributed by atoms with van der Waals surface area (Å²) in [6, 6.07) is 4.61. The van der Waals surface area contributed by atoms with E-state index in [1.54, 1.807) is 12.1 Å². The molecule has 0 saturated carbocycles. The first-order chi connectivity index (χ1) is 9.89. The van der Waals surface area contributed by atoms with E-state index in [1.165, 1.54) is 13.2 Å². The molecule has 0 spiro atoms. The molecule has 1 fully saturated rings. The Morgan fingerprint density at radius 1 is 1.43 bits per heavy atom. The number of sulfonamides is 1. The number of carbonyl (C=O) groups is 1. The van der Waals surface area contributed by atoms with Crippen LogP contribution >= 0.6 is 0 Å². The molecule has 1 aromatic rings. The summed E-state index contributed by atoms with van der Waals surface area (Å²) >= 11 is 0. The standard InChI is InChI=1S/C13H19N3O4S/c1-20-12-6-5-9(8-11(12)16-21(2,18)19)15-13(17)10-4-3-7-14-10/h5-6,8,10,14,16H,3-4,7H2,1-2H3,(H,15,17). The third kappa shape index (κ3) is 4.33. The van der Waals surface area contributed by atoms with Crippen LogP contribution in [0, 0.1) is 0 Å². The molecule has 1 heterocycles. The number of amides is 1. The van der Waals surface area contributed by atoms with Gasteiger partial charge in [0, 0.05) is 5.69 Å². The minimum absolute atomic E-state index is 0.122. The first kappa shape index (κ1) is 15.6. The second kappa shape index (κ2) is 6.31. The van der Waals surface area contributed by atoms with Crippen LogP contribution in [0.15, 0.2) is 18.2 Å². The zero-order valence-electron chi connectivity index (χ0n) is 12.0. The van der Waals surface area contributed by atoms with E-state index in [-0.39, 0.29) is 17.6 Å². The van der Waals surface area contributed by atoms with Crippen molar-refractivity contribution >= 4 is 27.3 Å². The number of benzene rings is 1. The van der Waals surface area contributed by atoms with Crippen LogP contribution in [0.25, 0.3) is 0 Å². The van der Waals surface area contributed by atoms with Gasteiger partial charge < -0.3 is 15.4 Å². The van der Waals surface area contributed by atoms with Crippen LogP contribution < -0.4 is 20.1 Å². The summed E-state index contributed by atoms with van der Waals surface area (Å²) in [6.07, 6.45) is 2.83. The summed E-state index contributed by atoms with van der Waals surface area (Å²) in [7, 11) is -1.98. The predicted octanol–water partition coefficient (Wildman–Crippen LogP) is 0.757. The van der Waals surface area contributed by atoms with Crippen LogP contribution in [0.1, 0.15) is 12.8 Å². The van der Waals surface area contributed by atoms with Crippen molar-refractivity contribution in [3.63, 3.8) is 0 Å². The molecule has 1 amide bonds. The van der Waals surface area contributed by atoms with Crippen molar-refractivity contribution in [1.29, 1.82) is 0 Å². The molecule has 0 aromatic heterocycles. The van der Waals surface area contributed by atoms with Gasteiger partial charge in [0.2, 0.25) is 15.9 Å². The number of hydrogen-bond donors (Lipinski definition) is 3. The maximum atomic E-state index is 12.0. The average Bonchev–Trinajstić information content (AvgIpc) is 2.91. The monoisotopic (exact) mass is 313 g/mol. The van der Waals surface area contributed by atoms with Crippen LogP contribution in [0.5, 0.6) is 5.75 Å². The van der Waals surface area contributed by atoms with Gasteiger partial charge in [0.1, 0.15) is 5.75 Å². The number of anilines is 2. The van der Waals surface area contributed by atoms with Gasteiger partial charge in [-0.25, -0.2) is 8.42 Å². The molecule has 0 radical (unpaired) electrons. The van der Waals surface area contributed by atoms with Gasteiger partial charge in [0.05, 0.1) is 25.1 Å². The SMILES string of the molecule is COc1ccc(NC(=O)C2CCCN2)cc1NS(C)(=O)=O. The summed E-state index contributed by atoms with van der Waals surface area (Å²) in [6.45, 7) is 0.835. The van der Waals surface area contributed by atoms with Gasteiger partial charge in [0.15, 0.2) is 0 Å². The molecule has 1 unspecified atom stereocenters. The number of methoxy groups -OCH3 is 1. The first-order valence-corrected chi connectivity index (χ1v) is 8.48. The van der Waals surface area contributed by atoms with Crippen molar-refractivity contribution in [2.24, 2.45) is 0 Å².